The minimum atomic E-state index is -0.720. The molecule has 0 unspecified atom stereocenters. The van der Waals surface area contributed by atoms with Gasteiger partial charge in [0.2, 0.25) is 5.88 Å². The number of imidazole rings is 1. The number of para-hydroxylation sites is 1. The average molecular weight is 556 g/mol. The van der Waals surface area contributed by atoms with Crippen molar-refractivity contribution in [3.63, 3.8) is 0 Å². The van der Waals surface area contributed by atoms with Gasteiger partial charge in [-0.15, -0.1) is 0 Å². The summed E-state index contributed by atoms with van der Waals surface area (Å²) in [6.07, 6.45) is 7.35. The van der Waals surface area contributed by atoms with Crippen LogP contribution in [0.25, 0.3) is 5.69 Å². The molecule has 3 aromatic rings. The van der Waals surface area contributed by atoms with Crippen molar-refractivity contribution in [2.24, 2.45) is 0 Å². The number of unbranched alkanes of at least 4 members (excludes halogenated alkanes) is 4. The molecule has 5 N–H and O–H groups in total. The number of aliphatic hydroxyl groups excluding tert-OH is 1. The van der Waals surface area contributed by atoms with Crippen molar-refractivity contribution in [1.82, 2.24) is 14.9 Å². The molecule has 0 saturated carbocycles. The predicted molar refractivity (Wildman–Crippen MR) is 152 cm³/mol. The van der Waals surface area contributed by atoms with Gasteiger partial charge >= 0.3 is 11.7 Å². The lowest BCUT2D eigenvalue weighted by molar-refractivity contribution is -0.142. The summed E-state index contributed by atoms with van der Waals surface area (Å²) in [6, 6.07) is 12.4. The zero-order chi connectivity index (χ0) is 28.7. The fraction of sp³-hybridized carbons (Fsp3) is 0.467. The van der Waals surface area contributed by atoms with Gasteiger partial charge in [-0.3, -0.25) is 4.79 Å². The van der Waals surface area contributed by atoms with Crippen LogP contribution in [-0.4, -0.2) is 57.1 Å². The van der Waals surface area contributed by atoms with Crippen molar-refractivity contribution in [2.75, 3.05) is 26.3 Å². The molecule has 0 amide bonds. The second kappa shape index (κ2) is 16.5. The van der Waals surface area contributed by atoms with Crippen LogP contribution >= 0.6 is 0 Å². The summed E-state index contributed by atoms with van der Waals surface area (Å²) < 4.78 is 12.0. The van der Waals surface area contributed by atoms with Crippen LogP contribution in [0.2, 0.25) is 0 Å². The third kappa shape index (κ3) is 9.86. The van der Waals surface area contributed by atoms with Gasteiger partial charge in [-0.05, 0) is 68.0 Å². The SMILES string of the molecule is CC(=O)OCc1cc([C@@H](O)CNCCCCCCOCCCCc2ccccc2-n2c(O)c[nH]c2=O)ccc1O. The highest BCUT2D eigenvalue weighted by Crippen LogP contribution is 2.23. The van der Waals surface area contributed by atoms with Gasteiger partial charge < -0.3 is 35.1 Å². The zero-order valence-electron chi connectivity index (χ0n) is 23.1. The molecule has 10 nitrogen and oxygen atoms in total. The second-order valence-corrected chi connectivity index (χ2v) is 9.79. The van der Waals surface area contributed by atoms with Crippen molar-refractivity contribution in [3.8, 4) is 17.3 Å². The van der Waals surface area contributed by atoms with Crippen LogP contribution in [0, 0.1) is 0 Å². The summed E-state index contributed by atoms with van der Waals surface area (Å²) in [7, 11) is 0. The lowest BCUT2D eigenvalue weighted by Crippen LogP contribution is -2.22. The molecule has 0 saturated heterocycles. The minimum absolute atomic E-state index is 0.0301. The van der Waals surface area contributed by atoms with Crippen LogP contribution in [-0.2, 0) is 27.3 Å². The highest BCUT2D eigenvalue weighted by Gasteiger charge is 2.12. The molecule has 218 valence electrons. The summed E-state index contributed by atoms with van der Waals surface area (Å²) >= 11 is 0. The molecule has 1 aromatic heterocycles. The Bertz CT molecular complexity index is 1250. The van der Waals surface area contributed by atoms with E-state index in [1.807, 2.05) is 24.3 Å². The van der Waals surface area contributed by atoms with E-state index in [2.05, 4.69) is 10.3 Å². The molecule has 0 radical (unpaired) electrons. The molecule has 0 fully saturated rings. The average Bonchev–Trinajstić information content (AvgIpc) is 3.28. The van der Waals surface area contributed by atoms with E-state index in [0.717, 1.165) is 63.7 Å². The van der Waals surface area contributed by atoms with E-state index in [0.29, 0.717) is 30.0 Å². The first-order valence-corrected chi connectivity index (χ1v) is 13.9. The number of H-pyrrole nitrogens is 1. The van der Waals surface area contributed by atoms with Gasteiger partial charge in [-0.1, -0.05) is 37.1 Å². The number of aryl methyl sites for hydroxylation is 1. The molecule has 0 bridgehead atoms. The number of carbonyl (C=O) groups is 1. The van der Waals surface area contributed by atoms with E-state index in [-0.39, 0.29) is 23.9 Å². The molecule has 0 aliphatic carbocycles. The molecule has 0 aliphatic rings. The normalized spacial score (nSPS) is 11.9. The number of phenols is 1. The maximum Gasteiger partial charge on any atom is 0.333 e. The summed E-state index contributed by atoms with van der Waals surface area (Å²) in [4.78, 5) is 25.5. The number of nitrogens with one attached hydrogen (secondary N) is 2. The number of aliphatic hydroxyl groups is 1. The van der Waals surface area contributed by atoms with Gasteiger partial charge in [-0.2, -0.15) is 0 Å². The first-order valence-electron chi connectivity index (χ1n) is 13.9. The third-order valence-corrected chi connectivity index (χ3v) is 6.62. The number of ether oxygens (including phenoxy) is 2. The van der Waals surface area contributed by atoms with Crippen molar-refractivity contribution >= 4 is 5.97 Å². The Labute approximate surface area is 234 Å². The number of benzene rings is 2. The Morgan fingerprint density at radius 3 is 2.50 bits per heavy atom. The maximum absolute atomic E-state index is 12.0. The zero-order valence-corrected chi connectivity index (χ0v) is 23.1. The first kappa shape index (κ1) is 30.9. The van der Waals surface area contributed by atoms with Crippen LogP contribution in [0.1, 0.15) is 68.2 Å². The molecule has 10 heteroatoms. The topological polar surface area (TPSA) is 146 Å². The van der Waals surface area contributed by atoms with Crippen molar-refractivity contribution in [3.05, 3.63) is 75.8 Å². The summed E-state index contributed by atoms with van der Waals surface area (Å²) in [5.74, 6) is -0.496. The Hall–Kier alpha value is -3.60. The van der Waals surface area contributed by atoms with Crippen LogP contribution < -0.4 is 11.0 Å². The number of aromatic amines is 1. The highest BCUT2D eigenvalue weighted by molar-refractivity contribution is 5.66. The lowest BCUT2D eigenvalue weighted by Gasteiger charge is -2.14. The number of carbonyl (C=O) groups excluding carboxylic acids is 1. The molecule has 1 heterocycles. The van der Waals surface area contributed by atoms with E-state index in [4.69, 9.17) is 9.47 Å². The monoisotopic (exact) mass is 555 g/mol. The first-order chi connectivity index (χ1) is 19.4. The van der Waals surface area contributed by atoms with E-state index < -0.39 is 12.1 Å². The van der Waals surface area contributed by atoms with Crippen molar-refractivity contribution < 1.29 is 29.6 Å². The predicted octanol–water partition coefficient (Wildman–Crippen LogP) is 3.86. The minimum Gasteiger partial charge on any atom is -0.508 e. The number of hydrogen-bond acceptors (Lipinski definition) is 8. The molecule has 0 aliphatic heterocycles. The van der Waals surface area contributed by atoms with E-state index in [1.165, 1.54) is 23.8 Å². The number of esters is 1. The maximum atomic E-state index is 12.0. The summed E-state index contributed by atoms with van der Waals surface area (Å²) in [5, 5.41) is 33.6. The Morgan fingerprint density at radius 2 is 1.75 bits per heavy atom. The van der Waals surface area contributed by atoms with Crippen molar-refractivity contribution in [1.29, 1.82) is 0 Å². The number of hydrogen-bond donors (Lipinski definition) is 5. The summed E-state index contributed by atoms with van der Waals surface area (Å²) in [5.41, 5.74) is 2.47. The largest absolute Gasteiger partial charge is 0.508 e. The van der Waals surface area contributed by atoms with E-state index in [9.17, 15) is 24.9 Å². The fourth-order valence-corrected chi connectivity index (χ4v) is 4.43. The van der Waals surface area contributed by atoms with Gasteiger partial charge in [-0.25, -0.2) is 9.36 Å². The second-order valence-electron chi connectivity index (χ2n) is 9.79. The number of rotatable bonds is 18. The lowest BCUT2D eigenvalue weighted by atomic mass is 10.1. The quantitative estimate of drug-likeness (QED) is 0.117. The molecular formula is C30H41N3O7. The fourth-order valence-electron chi connectivity index (χ4n) is 4.43. The van der Waals surface area contributed by atoms with Crippen LogP contribution in [0.4, 0.5) is 0 Å². The standard InChI is InChI=1S/C30H41N3O7/c1-22(34)40-21-25-18-24(13-14-27(25)35)28(36)19-31-15-7-2-3-8-16-39-17-9-6-11-23-10-4-5-12-26(23)33-29(37)20-32-30(33)38/h4-5,10,12-14,18,20,28,31,35-37H,2-3,6-9,11,15-17,19,21H2,1H3,(H,32,38)/t28-/m0/s1. The van der Waals surface area contributed by atoms with Gasteiger partial charge in [0.15, 0.2) is 0 Å². The van der Waals surface area contributed by atoms with E-state index in [1.54, 1.807) is 12.1 Å². The highest BCUT2D eigenvalue weighted by atomic mass is 16.5. The van der Waals surface area contributed by atoms with Crippen LogP contribution in [0.15, 0.2) is 53.5 Å². The van der Waals surface area contributed by atoms with Crippen LogP contribution in [0.3, 0.4) is 0 Å². The number of aromatic hydroxyl groups is 2. The third-order valence-electron chi connectivity index (χ3n) is 6.62. The summed E-state index contributed by atoms with van der Waals surface area (Å²) in [6.45, 7) is 3.89. The Kier molecular flexibility index (Phi) is 12.8. The van der Waals surface area contributed by atoms with E-state index >= 15 is 0 Å². The molecule has 3 rings (SSSR count). The molecule has 40 heavy (non-hydrogen) atoms. The van der Waals surface area contributed by atoms with Crippen LogP contribution in [0.5, 0.6) is 11.6 Å². The number of nitrogens with zero attached hydrogens (tertiary/aromatic N) is 1. The molecule has 2 aromatic carbocycles. The van der Waals surface area contributed by atoms with Gasteiger partial charge in [0, 0.05) is 32.2 Å². The number of phenolic OH excluding ortho intramolecular Hbond substituents is 1. The number of aromatic nitrogens is 2. The molecule has 1 atom stereocenters. The Balaban J connectivity index is 1.20. The van der Waals surface area contributed by atoms with Gasteiger partial charge in [0.25, 0.3) is 0 Å². The Morgan fingerprint density at radius 1 is 1.00 bits per heavy atom. The van der Waals surface area contributed by atoms with Gasteiger partial charge in [0.1, 0.15) is 12.4 Å². The van der Waals surface area contributed by atoms with Gasteiger partial charge in [0.05, 0.1) is 18.0 Å². The van der Waals surface area contributed by atoms with Crippen molar-refractivity contribution in [2.45, 2.75) is 64.6 Å². The smallest absolute Gasteiger partial charge is 0.333 e. The molecular weight excluding hydrogens is 514 g/mol. The molecule has 0 spiro atoms.